The molecule has 3 heteroatoms. The van der Waals surface area contributed by atoms with Crippen molar-refractivity contribution in [2.45, 2.75) is 32.8 Å². The van der Waals surface area contributed by atoms with E-state index in [9.17, 15) is 4.79 Å². The van der Waals surface area contributed by atoms with E-state index in [1.165, 1.54) is 5.56 Å². The summed E-state index contributed by atoms with van der Waals surface area (Å²) in [5.74, 6) is -1.10. The number of aliphatic carboxylic acids is 1. The van der Waals surface area contributed by atoms with Crippen LogP contribution in [0, 0.1) is 5.92 Å². The van der Waals surface area contributed by atoms with E-state index < -0.39 is 5.97 Å². The summed E-state index contributed by atoms with van der Waals surface area (Å²) in [6.45, 7) is 3.75. The zero-order chi connectivity index (χ0) is 12.8. The third-order valence-electron chi connectivity index (χ3n) is 2.98. The summed E-state index contributed by atoms with van der Waals surface area (Å²) in [6, 6.07) is 7.97. The first kappa shape index (κ1) is 13.7. The van der Waals surface area contributed by atoms with Gasteiger partial charge in [-0.15, -0.1) is 0 Å². The average Bonchev–Trinajstić information content (AvgIpc) is 2.31. The van der Waals surface area contributed by atoms with Crippen molar-refractivity contribution in [3.63, 3.8) is 0 Å². The van der Waals surface area contributed by atoms with Gasteiger partial charge in [0.15, 0.2) is 0 Å². The zero-order valence-corrected chi connectivity index (χ0v) is 10.6. The molecule has 0 aliphatic rings. The minimum Gasteiger partial charge on any atom is -0.481 e. The number of benzene rings is 1. The van der Waals surface area contributed by atoms with Crippen LogP contribution in [0.1, 0.15) is 25.0 Å². The van der Waals surface area contributed by atoms with Gasteiger partial charge in [-0.2, -0.15) is 0 Å². The van der Waals surface area contributed by atoms with Gasteiger partial charge in [0, 0.05) is 7.11 Å². The van der Waals surface area contributed by atoms with Crippen LogP contribution in [0.15, 0.2) is 24.3 Å². The predicted molar refractivity (Wildman–Crippen MR) is 67.1 cm³/mol. The first-order valence-corrected chi connectivity index (χ1v) is 5.87. The fourth-order valence-corrected chi connectivity index (χ4v) is 1.77. The second-order valence-electron chi connectivity index (χ2n) is 4.46. The highest BCUT2D eigenvalue weighted by atomic mass is 16.5. The standard InChI is InChI=1S/C14H20O3/c1-10(14(15)16)8-12-6-4-5-7-13(12)9-11(2)17-3/h4-7,10-11H,8-9H2,1-3H3,(H,15,16). The summed E-state index contributed by atoms with van der Waals surface area (Å²) < 4.78 is 5.25. The van der Waals surface area contributed by atoms with Crippen LogP contribution in [0.5, 0.6) is 0 Å². The maximum Gasteiger partial charge on any atom is 0.306 e. The van der Waals surface area contributed by atoms with Crippen molar-refractivity contribution >= 4 is 5.97 Å². The second-order valence-corrected chi connectivity index (χ2v) is 4.46. The van der Waals surface area contributed by atoms with Gasteiger partial charge >= 0.3 is 5.97 Å². The number of methoxy groups -OCH3 is 1. The van der Waals surface area contributed by atoms with Gasteiger partial charge in [-0.3, -0.25) is 4.79 Å². The molecule has 0 aromatic heterocycles. The van der Waals surface area contributed by atoms with Crippen molar-refractivity contribution in [3.05, 3.63) is 35.4 Å². The van der Waals surface area contributed by atoms with Crippen molar-refractivity contribution in [2.75, 3.05) is 7.11 Å². The lowest BCUT2D eigenvalue weighted by molar-refractivity contribution is -0.141. The summed E-state index contributed by atoms with van der Waals surface area (Å²) in [5, 5.41) is 8.94. The maximum absolute atomic E-state index is 10.9. The van der Waals surface area contributed by atoms with E-state index in [4.69, 9.17) is 9.84 Å². The van der Waals surface area contributed by atoms with Gasteiger partial charge in [-0.25, -0.2) is 0 Å². The molecule has 0 saturated heterocycles. The number of hydrogen-bond acceptors (Lipinski definition) is 2. The number of carbonyl (C=O) groups is 1. The van der Waals surface area contributed by atoms with Crippen LogP contribution in [-0.2, 0) is 22.4 Å². The molecule has 0 amide bonds. The Morgan fingerprint density at radius 2 is 1.76 bits per heavy atom. The van der Waals surface area contributed by atoms with Crippen molar-refractivity contribution in [3.8, 4) is 0 Å². The zero-order valence-electron chi connectivity index (χ0n) is 10.6. The Hall–Kier alpha value is -1.35. The SMILES string of the molecule is COC(C)Cc1ccccc1CC(C)C(=O)O. The van der Waals surface area contributed by atoms with Crippen LogP contribution in [0.4, 0.5) is 0 Å². The van der Waals surface area contributed by atoms with Crippen molar-refractivity contribution in [2.24, 2.45) is 5.92 Å². The molecule has 0 heterocycles. The number of rotatable bonds is 6. The molecule has 0 saturated carbocycles. The molecule has 0 bridgehead atoms. The Kier molecular flexibility index (Phi) is 5.16. The van der Waals surface area contributed by atoms with E-state index in [-0.39, 0.29) is 12.0 Å². The molecule has 2 atom stereocenters. The molecule has 1 N–H and O–H groups in total. The van der Waals surface area contributed by atoms with E-state index in [2.05, 4.69) is 0 Å². The van der Waals surface area contributed by atoms with Crippen molar-refractivity contribution in [1.82, 2.24) is 0 Å². The summed E-state index contributed by atoms with van der Waals surface area (Å²) in [7, 11) is 1.69. The summed E-state index contributed by atoms with van der Waals surface area (Å²) >= 11 is 0. The fraction of sp³-hybridized carbons (Fsp3) is 0.500. The Balaban J connectivity index is 2.80. The first-order chi connectivity index (χ1) is 8.04. The lowest BCUT2D eigenvalue weighted by atomic mass is 9.94. The van der Waals surface area contributed by atoms with E-state index in [1.54, 1.807) is 14.0 Å². The molecule has 3 nitrogen and oxygen atoms in total. The number of hydrogen-bond donors (Lipinski definition) is 1. The van der Waals surface area contributed by atoms with E-state index in [0.29, 0.717) is 6.42 Å². The summed E-state index contributed by atoms with van der Waals surface area (Å²) in [6.07, 6.45) is 1.54. The highest BCUT2D eigenvalue weighted by Crippen LogP contribution is 2.16. The molecule has 0 fully saturated rings. The highest BCUT2D eigenvalue weighted by molar-refractivity contribution is 5.70. The summed E-state index contributed by atoms with van der Waals surface area (Å²) in [4.78, 5) is 10.9. The van der Waals surface area contributed by atoms with E-state index >= 15 is 0 Å². The van der Waals surface area contributed by atoms with Gasteiger partial charge in [0.05, 0.1) is 12.0 Å². The quantitative estimate of drug-likeness (QED) is 0.825. The molecule has 0 radical (unpaired) electrons. The number of ether oxygens (including phenoxy) is 1. The molecule has 1 rings (SSSR count). The molecule has 0 aliphatic carbocycles. The summed E-state index contributed by atoms with van der Waals surface area (Å²) in [5.41, 5.74) is 2.28. The lowest BCUT2D eigenvalue weighted by Crippen LogP contribution is -2.15. The third kappa shape index (κ3) is 4.19. The van der Waals surface area contributed by atoms with Crippen LogP contribution in [-0.4, -0.2) is 24.3 Å². The normalized spacial score (nSPS) is 14.3. The van der Waals surface area contributed by atoms with Gasteiger partial charge in [0.2, 0.25) is 0 Å². The van der Waals surface area contributed by atoms with Crippen LogP contribution in [0.3, 0.4) is 0 Å². The minimum absolute atomic E-state index is 0.149. The smallest absolute Gasteiger partial charge is 0.306 e. The van der Waals surface area contributed by atoms with E-state index in [0.717, 1.165) is 12.0 Å². The molecular formula is C14H20O3. The second kappa shape index (κ2) is 6.40. The molecule has 17 heavy (non-hydrogen) atoms. The number of carboxylic acid groups (broad SMARTS) is 1. The molecule has 0 aliphatic heterocycles. The Labute approximate surface area is 102 Å². The predicted octanol–water partition coefficient (Wildman–Crippen LogP) is 2.53. The molecule has 94 valence electrons. The molecule has 1 aromatic rings. The van der Waals surface area contributed by atoms with Gasteiger partial charge in [-0.1, -0.05) is 31.2 Å². The van der Waals surface area contributed by atoms with Gasteiger partial charge in [-0.05, 0) is 30.9 Å². The average molecular weight is 236 g/mol. The minimum atomic E-state index is -0.750. The van der Waals surface area contributed by atoms with Crippen LogP contribution >= 0.6 is 0 Å². The molecule has 2 unspecified atom stereocenters. The topological polar surface area (TPSA) is 46.5 Å². The fourth-order valence-electron chi connectivity index (χ4n) is 1.77. The van der Waals surface area contributed by atoms with Crippen molar-refractivity contribution in [1.29, 1.82) is 0 Å². The third-order valence-corrected chi connectivity index (χ3v) is 2.98. The molecule has 0 spiro atoms. The van der Waals surface area contributed by atoms with Crippen molar-refractivity contribution < 1.29 is 14.6 Å². The van der Waals surface area contributed by atoms with Crippen LogP contribution in [0.25, 0.3) is 0 Å². The lowest BCUT2D eigenvalue weighted by Gasteiger charge is -2.15. The van der Waals surface area contributed by atoms with Crippen LogP contribution in [0.2, 0.25) is 0 Å². The largest absolute Gasteiger partial charge is 0.481 e. The Morgan fingerprint density at radius 1 is 1.24 bits per heavy atom. The number of carboxylic acids is 1. The first-order valence-electron chi connectivity index (χ1n) is 5.87. The molecule has 1 aromatic carbocycles. The Morgan fingerprint density at radius 3 is 2.24 bits per heavy atom. The molecular weight excluding hydrogens is 216 g/mol. The highest BCUT2D eigenvalue weighted by Gasteiger charge is 2.14. The monoisotopic (exact) mass is 236 g/mol. The van der Waals surface area contributed by atoms with E-state index in [1.807, 2.05) is 31.2 Å². The van der Waals surface area contributed by atoms with Gasteiger partial charge in [0.25, 0.3) is 0 Å². The van der Waals surface area contributed by atoms with Gasteiger partial charge < -0.3 is 9.84 Å². The Bertz CT molecular complexity index is 373. The van der Waals surface area contributed by atoms with Crippen LogP contribution < -0.4 is 0 Å². The maximum atomic E-state index is 10.9. The van der Waals surface area contributed by atoms with Gasteiger partial charge in [0.1, 0.15) is 0 Å².